The number of rotatable bonds is 4. The summed E-state index contributed by atoms with van der Waals surface area (Å²) in [5, 5.41) is 3.90. The van der Waals surface area contributed by atoms with Crippen molar-refractivity contribution in [1.82, 2.24) is 10.3 Å². The van der Waals surface area contributed by atoms with Gasteiger partial charge in [-0.05, 0) is 30.9 Å². The van der Waals surface area contributed by atoms with Crippen LogP contribution in [-0.2, 0) is 9.59 Å². The summed E-state index contributed by atoms with van der Waals surface area (Å²) >= 11 is 1.89. The number of piperidine rings is 1. The molecule has 0 spiro atoms. The Morgan fingerprint density at radius 1 is 1.22 bits per heavy atom. The summed E-state index contributed by atoms with van der Waals surface area (Å²) in [6.07, 6.45) is 2.87. The molecule has 6 heteroatoms. The minimum absolute atomic E-state index is 0.0147. The Morgan fingerprint density at radius 3 is 2.61 bits per heavy atom. The minimum Gasteiger partial charge on any atom is -0.338 e. The van der Waals surface area contributed by atoms with Gasteiger partial charge in [0.1, 0.15) is 5.71 Å². The molecule has 0 unspecified atom stereocenters. The second kappa shape index (κ2) is 7.64. The van der Waals surface area contributed by atoms with E-state index in [1.165, 1.54) is 4.90 Å². The number of nitrogens with zero attached hydrogens (tertiary/aromatic N) is 2. The van der Waals surface area contributed by atoms with Crippen LogP contribution in [-0.4, -0.2) is 41.3 Å². The fraction of sp³-hybridized carbons (Fsp3) is 0.471. The SMILES string of the molecule is O=C1CCC(C(=O)N2CCC(CSc3ccccc3)CC2)=NN1. The molecule has 0 radical (unpaired) electrons. The minimum atomic E-state index is -0.113. The number of benzene rings is 1. The number of carbonyl (C=O) groups is 2. The summed E-state index contributed by atoms with van der Waals surface area (Å²) in [5.74, 6) is 1.62. The highest BCUT2D eigenvalue weighted by atomic mass is 32.2. The van der Waals surface area contributed by atoms with Crippen molar-refractivity contribution in [2.24, 2.45) is 11.0 Å². The van der Waals surface area contributed by atoms with E-state index in [4.69, 9.17) is 0 Å². The van der Waals surface area contributed by atoms with E-state index in [-0.39, 0.29) is 11.8 Å². The summed E-state index contributed by atoms with van der Waals surface area (Å²) in [6, 6.07) is 10.4. The lowest BCUT2D eigenvalue weighted by atomic mass is 9.98. The molecule has 3 rings (SSSR count). The van der Waals surface area contributed by atoms with Crippen molar-refractivity contribution >= 4 is 29.3 Å². The maximum Gasteiger partial charge on any atom is 0.270 e. The molecule has 0 aliphatic carbocycles. The molecule has 122 valence electrons. The first-order valence-electron chi connectivity index (χ1n) is 8.05. The molecule has 1 aromatic rings. The summed E-state index contributed by atoms with van der Waals surface area (Å²) in [4.78, 5) is 26.7. The second-order valence-electron chi connectivity index (χ2n) is 5.95. The molecule has 1 fully saturated rings. The van der Waals surface area contributed by atoms with Crippen LogP contribution in [0.2, 0.25) is 0 Å². The molecule has 23 heavy (non-hydrogen) atoms. The highest BCUT2D eigenvalue weighted by Gasteiger charge is 2.27. The summed E-state index contributed by atoms with van der Waals surface area (Å²) in [6.45, 7) is 1.57. The van der Waals surface area contributed by atoms with Crippen LogP contribution in [0, 0.1) is 5.92 Å². The molecule has 1 aromatic carbocycles. The normalized spacial score (nSPS) is 19.2. The molecule has 0 atom stereocenters. The number of amides is 2. The third-order valence-corrected chi connectivity index (χ3v) is 5.53. The monoisotopic (exact) mass is 331 g/mol. The smallest absolute Gasteiger partial charge is 0.270 e. The number of thioether (sulfide) groups is 1. The average molecular weight is 331 g/mol. The highest BCUT2D eigenvalue weighted by molar-refractivity contribution is 7.99. The average Bonchev–Trinajstić information content (AvgIpc) is 2.61. The molecular weight excluding hydrogens is 310 g/mol. The molecule has 1 saturated heterocycles. The summed E-state index contributed by atoms with van der Waals surface area (Å²) in [7, 11) is 0. The first-order valence-corrected chi connectivity index (χ1v) is 9.03. The van der Waals surface area contributed by atoms with Gasteiger partial charge < -0.3 is 4.90 Å². The molecule has 5 nitrogen and oxygen atoms in total. The first kappa shape index (κ1) is 16.1. The topological polar surface area (TPSA) is 61.8 Å². The zero-order valence-corrected chi connectivity index (χ0v) is 13.8. The summed E-state index contributed by atoms with van der Waals surface area (Å²) in [5.41, 5.74) is 2.89. The number of nitrogens with one attached hydrogen (secondary N) is 1. The molecule has 0 saturated carbocycles. The van der Waals surface area contributed by atoms with Gasteiger partial charge in [-0.3, -0.25) is 9.59 Å². The van der Waals surface area contributed by atoms with Crippen LogP contribution in [0.1, 0.15) is 25.7 Å². The van der Waals surface area contributed by atoms with Gasteiger partial charge in [-0.2, -0.15) is 5.10 Å². The molecule has 2 aliphatic heterocycles. The van der Waals surface area contributed by atoms with Crippen molar-refractivity contribution in [3.63, 3.8) is 0 Å². The van der Waals surface area contributed by atoms with E-state index in [0.29, 0.717) is 24.5 Å². The molecule has 2 heterocycles. The molecule has 2 aliphatic rings. The number of hydrazone groups is 1. The standard InChI is InChI=1S/C17H21N3O2S/c21-16-7-6-15(18-19-16)17(22)20-10-8-13(9-11-20)12-23-14-4-2-1-3-5-14/h1-5,13H,6-12H2,(H,19,21). The second-order valence-corrected chi connectivity index (χ2v) is 7.05. The van der Waals surface area contributed by atoms with Gasteiger partial charge in [-0.25, -0.2) is 5.43 Å². The lowest BCUT2D eigenvalue weighted by Crippen LogP contribution is -2.44. The predicted octanol–water partition coefficient (Wildman–Crippen LogP) is 2.28. The number of hydrogen-bond acceptors (Lipinski definition) is 4. The van der Waals surface area contributed by atoms with Gasteiger partial charge in [0.05, 0.1) is 0 Å². The lowest BCUT2D eigenvalue weighted by Gasteiger charge is -2.32. The molecule has 0 aromatic heterocycles. The Balaban J connectivity index is 1.45. The summed E-state index contributed by atoms with van der Waals surface area (Å²) < 4.78 is 0. The van der Waals surface area contributed by atoms with Crippen molar-refractivity contribution in [2.75, 3.05) is 18.8 Å². The Kier molecular flexibility index (Phi) is 5.33. The first-order chi connectivity index (χ1) is 11.2. The fourth-order valence-electron chi connectivity index (χ4n) is 2.84. The van der Waals surface area contributed by atoms with E-state index in [9.17, 15) is 9.59 Å². The van der Waals surface area contributed by atoms with Crippen LogP contribution in [0.15, 0.2) is 40.3 Å². The van der Waals surface area contributed by atoms with Crippen LogP contribution in [0.3, 0.4) is 0 Å². The van der Waals surface area contributed by atoms with Gasteiger partial charge in [-0.1, -0.05) is 18.2 Å². The zero-order chi connectivity index (χ0) is 16.1. The Morgan fingerprint density at radius 2 is 1.96 bits per heavy atom. The maximum atomic E-state index is 12.4. The van der Waals surface area contributed by atoms with Crippen molar-refractivity contribution in [3.05, 3.63) is 30.3 Å². The van der Waals surface area contributed by atoms with E-state index < -0.39 is 0 Å². The Hall–Kier alpha value is -1.82. The maximum absolute atomic E-state index is 12.4. The Bertz CT molecular complexity index is 595. The van der Waals surface area contributed by atoms with Gasteiger partial charge >= 0.3 is 0 Å². The van der Waals surface area contributed by atoms with E-state index in [1.807, 2.05) is 22.7 Å². The van der Waals surface area contributed by atoms with Crippen LogP contribution in [0.4, 0.5) is 0 Å². The molecule has 0 bridgehead atoms. The van der Waals surface area contributed by atoms with Gasteiger partial charge in [0.2, 0.25) is 5.91 Å². The quantitative estimate of drug-likeness (QED) is 0.861. The largest absolute Gasteiger partial charge is 0.338 e. The zero-order valence-electron chi connectivity index (χ0n) is 13.0. The van der Waals surface area contributed by atoms with Gasteiger partial charge in [0.25, 0.3) is 5.91 Å². The van der Waals surface area contributed by atoms with Crippen LogP contribution < -0.4 is 5.43 Å². The fourth-order valence-corrected chi connectivity index (χ4v) is 3.96. The van der Waals surface area contributed by atoms with E-state index in [0.717, 1.165) is 31.7 Å². The third-order valence-electron chi connectivity index (χ3n) is 4.28. The third kappa shape index (κ3) is 4.34. The van der Waals surface area contributed by atoms with E-state index >= 15 is 0 Å². The molecule has 2 amide bonds. The number of carbonyl (C=O) groups excluding carboxylic acids is 2. The number of hydrogen-bond donors (Lipinski definition) is 1. The highest BCUT2D eigenvalue weighted by Crippen LogP contribution is 2.26. The number of likely N-dealkylation sites (tertiary alicyclic amines) is 1. The predicted molar refractivity (Wildman–Crippen MR) is 91.3 cm³/mol. The molecule has 1 N–H and O–H groups in total. The van der Waals surface area contributed by atoms with Gasteiger partial charge in [0, 0.05) is 36.6 Å². The van der Waals surface area contributed by atoms with Gasteiger partial charge in [-0.15, -0.1) is 11.8 Å². The van der Waals surface area contributed by atoms with Gasteiger partial charge in [0.15, 0.2) is 0 Å². The van der Waals surface area contributed by atoms with Crippen molar-refractivity contribution < 1.29 is 9.59 Å². The van der Waals surface area contributed by atoms with Crippen molar-refractivity contribution in [1.29, 1.82) is 0 Å². The van der Waals surface area contributed by atoms with E-state index in [2.05, 4.69) is 34.8 Å². The Labute approximate surface area is 140 Å². The van der Waals surface area contributed by atoms with Crippen LogP contribution in [0.5, 0.6) is 0 Å². The lowest BCUT2D eigenvalue weighted by molar-refractivity contribution is -0.125. The van der Waals surface area contributed by atoms with E-state index in [1.54, 1.807) is 0 Å². The van der Waals surface area contributed by atoms with Crippen molar-refractivity contribution in [3.8, 4) is 0 Å². The van der Waals surface area contributed by atoms with Crippen molar-refractivity contribution in [2.45, 2.75) is 30.6 Å². The van der Waals surface area contributed by atoms with Crippen LogP contribution >= 0.6 is 11.8 Å². The van der Waals surface area contributed by atoms with Crippen LogP contribution in [0.25, 0.3) is 0 Å². The molecular formula is C17H21N3O2S.